The number of aromatic nitrogens is 5. The number of piperidine rings is 1. The van der Waals surface area contributed by atoms with Crippen molar-refractivity contribution in [2.45, 2.75) is 19.0 Å². The molecule has 10 nitrogen and oxygen atoms in total. The summed E-state index contributed by atoms with van der Waals surface area (Å²) < 4.78 is 58.7. The number of hydrogen-bond acceptors (Lipinski definition) is 8. The SMILES string of the molecule is COC1CCN(c2cc(-c3cnc4ccc(C(F)F)nn34)ncn2)CC1CNS(C)(=O)=O. The Balaban J connectivity index is 1.60. The summed E-state index contributed by atoms with van der Waals surface area (Å²) in [6.07, 6.45) is 1.95. The predicted molar refractivity (Wildman–Crippen MR) is 113 cm³/mol. The van der Waals surface area contributed by atoms with E-state index in [0.29, 0.717) is 42.4 Å². The van der Waals surface area contributed by atoms with E-state index in [1.54, 1.807) is 13.2 Å². The highest BCUT2D eigenvalue weighted by Gasteiger charge is 2.30. The first-order valence-corrected chi connectivity index (χ1v) is 11.8. The number of sulfonamides is 1. The smallest absolute Gasteiger partial charge is 0.282 e. The van der Waals surface area contributed by atoms with Gasteiger partial charge in [0.1, 0.15) is 23.5 Å². The van der Waals surface area contributed by atoms with E-state index in [9.17, 15) is 17.2 Å². The first kappa shape index (κ1) is 22.4. The molecule has 1 fully saturated rings. The predicted octanol–water partition coefficient (Wildman–Crippen LogP) is 1.51. The van der Waals surface area contributed by atoms with Crippen molar-refractivity contribution < 1.29 is 21.9 Å². The molecular weight excluding hydrogens is 444 g/mol. The Kier molecular flexibility index (Phi) is 6.31. The number of alkyl halides is 2. The molecule has 0 aromatic carbocycles. The van der Waals surface area contributed by atoms with Crippen LogP contribution in [0.15, 0.2) is 30.7 Å². The zero-order chi connectivity index (χ0) is 22.9. The van der Waals surface area contributed by atoms with E-state index in [2.05, 4.69) is 24.8 Å². The van der Waals surface area contributed by atoms with Crippen LogP contribution >= 0.6 is 0 Å². The van der Waals surface area contributed by atoms with Gasteiger partial charge in [-0.2, -0.15) is 5.10 Å². The number of nitrogens with zero attached hydrogens (tertiary/aromatic N) is 6. The molecule has 172 valence electrons. The molecule has 0 amide bonds. The monoisotopic (exact) mass is 467 g/mol. The topological polar surface area (TPSA) is 115 Å². The number of rotatable bonds is 7. The molecular formula is C19H23F2N7O3S. The highest BCUT2D eigenvalue weighted by atomic mass is 32.2. The van der Waals surface area contributed by atoms with Gasteiger partial charge in [0, 0.05) is 38.7 Å². The lowest BCUT2D eigenvalue weighted by Crippen LogP contribution is -2.48. The molecule has 2 unspecified atom stereocenters. The molecule has 0 spiro atoms. The molecule has 3 aromatic rings. The van der Waals surface area contributed by atoms with E-state index in [-0.39, 0.29) is 24.3 Å². The molecule has 2 atom stereocenters. The largest absolute Gasteiger partial charge is 0.381 e. The third-order valence-electron chi connectivity index (χ3n) is 5.42. The molecule has 1 N–H and O–H groups in total. The van der Waals surface area contributed by atoms with Crippen molar-refractivity contribution >= 4 is 21.5 Å². The van der Waals surface area contributed by atoms with E-state index < -0.39 is 16.4 Å². The van der Waals surface area contributed by atoms with Gasteiger partial charge in [0.2, 0.25) is 10.0 Å². The number of fused-ring (bicyclic) bond motifs is 1. The number of halogens is 2. The Morgan fingerprint density at radius 1 is 1.28 bits per heavy atom. The fraction of sp³-hybridized carbons (Fsp3) is 0.474. The van der Waals surface area contributed by atoms with Gasteiger partial charge in [-0.25, -0.2) is 41.4 Å². The standard InChI is InChI=1S/C19H23F2N7O3S/c1-31-16-5-6-27(10-12(16)8-25-32(2,29)30)18-7-14(23-11-24-18)15-9-22-17-4-3-13(19(20)21)26-28(15)17/h3-4,7,9,11-12,16,19,25H,5-6,8,10H2,1-2H3. The van der Waals surface area contributed by atoms with Gasteiger partial charge in [-0.1, -0.05) is 0 Å². The fourth-order valence-corrected chi connectivity index (χ4v) is 4.34. The maximum atomic E-state index is 13.1. The van der Waals surface area contributed by atoms with E-state index in [4.69, 9.17) is 4.74 Å². The van der Waals surface area contributed by atoms with Crippen molar-refractivity contribution in [1.29, 1.82) is 0 Å². The summed E-state index contributed by atoms with van der Waals surface area (Å²) in [7, 11) is -1.71. The summed E-state index contributed by atoms with van der Waals surface area (Å²) in [5.74, 6) is 0.557. The lowest BCUT2D eigenvalue weighted by atomic mass is 9.94. The molecule has 13 heteroatoms. The third-order valence-corrected chi connectivity index (χ3v) is 6.11. The lowest BCUT2D eigenvalue weighted by Gasteiger charge is -2.38. The minimum atomic E-state index is -3.32. The summed E-state index contributed by atoms with van der Waals surface area (Å²) in [6, 6.07) is 4.47. The molecule has 0 aliphatic carbocycles. The van der Waals surface area contributed by atoms with Crippen molar-refractivity contribution in [3.63, 3.8) is 0 Å². The molecule has 1 saturated heterocycles. The summed E-state index contributed by atoms with van der Waals surface area (Å²) in [6.45, 7) is 1.43. The van der Waals surface area contributed by atoms with E-state index in [0.717, 1.165) is 6.26 Å². The number of ether oxygens (including phenoxy) is 1. The van der Waals surface area contributed by atoms with Gasteiger partial charge < -0.3 is 9.64 Å². The zero-order valence-corrected chi connectivity index (χ0v) is 18.3. The van der Waals surface area contributed by atoms with Crippen LogP contribution in [-0.4, -0.2) is 72.1 Å². The van der Waals surface area contributed by atoms with Gasteiger partial charge in [0.25, 0.3) is 6.43 Å². The summed E-state index contributed by atoms with van der Waals surface area (Å²) in [4.78, 5) is 14.9. The number of hydrogen-bond donors (Lipinski definition) is 1. The Morgan fingerprint density at radius 3 is 2.81 bits per heavy atom. The maximum Gasteiger partial charge on any atom is 0.282 e. The van der Waals surface area contributed by atoms with E-state index >= 15 is 0 Å². The summed E-state index contributed by atoms with van der Waals surface area (Å²) in [5, 5.41) is 3.98. The molecule has 32 heavy (non-hydrogen) atoms. The van der Waals surface area contributed by atoms with Gasteiger partial charge in [0.15, 0.2) is 5.65 Å². The first-order chi connectivity index (χ1) is 15.2. The van der Waals surface area contributed by atoms with Gasteiger partial charge in [-0.15, -0.1) is 0 Å². The van der Waals surface area contributed by atoms with Crippen LogP contribution in [0.25, 0.3) is 17.0 Å². The first-order valence-electron chi connectivity index (χ1n) is 9.93. The van der Waals surface area contributed by atoms with Gasteiger partial charge in [0.05, 0.1) is 24.3 Å². The average Bonchev–Trinajstić information content (AvgIpc) is 3.20. The Morgan fingerprint density at radius 2 is 2.09 bits per heavy atom. The van der Waals surface area contributed by atoms with Crippen molar-refractivity contribution in [3.8, 4) is 11.4 Å². The van der Waals surface area contributed by atoms with Crippen LogP contribution < -0.4 is 9.62 Å². The van der Waals surface area contributed by atoms with Crippen LogP contribution in [0.3, 0.4) is 0 Å². The highest BCUT2D eigenvalue weighted by Crippen LogP contribution is 2.27. The minimum absolute atomic E-state index is 0.0760. The van der Waals surface area contributed by atoms with Crippen LogP contribution in [0.4, 0.5) is 14.6 Å². The quantitative estimate of drug-likeness (QED) is 0.556. The number of methoxy groups -OCH3 is 1. The zero-order valence-electron chi connectivity index (χ0n) is 17.5. The van der Waals surface area contributed by atoms with Gasteiger partial charge in [-0.05, 0) is 18.6 Å². The van der Waals surface area contributed by atoms with Crippen LogP contribution in [0, 0.1) is 5.92 Å². The van der Waals surface area contributed by atoms with Crippen molar-refractivity contribution in [3.05, 3.63) is 36.4 Å². The van der Waals surface area contributed by atoms with Crippen molar-refractivity contribution in [1.82, 2.24) is 29.3 Å². The number of anilines is 1. The van der Waals surface area contributed by atoms with Crippen LogP contribution in [0.1, 0.15) is 18.5 Å². The molecule has 4 heterocycles. The molecule has 1 aliphatic rings. The van der Waals surface area contributed by atoms with Crippen LogP contribution in [0.2, 0.25) is 0 Å². The average molecular weight is 468 g/mol. The fourth-order valence-electron chi connectivity index (χ4n) is 3.82. The third kappa shape index (κ3) is 4.84. The maximum absolute atomic E-state index is 13.1. The number of imidazole rings is 1. The van der Waals surface area contributed by atoms with E-state index in [1.807, 2.05) is 4.90 Å². The lowest BCUT2D eigenvalue weighted by molar-refractivity contribution is 0.0394. The Hall–Kier alpha value is -2.77. The second kappa shape index (κ2) is 9.00. The summed E-state index contributed by atoms with van der Waals surface area (Å²) >= 11 is 0. The van der Waals surface area contributed by atoms with Gasteiger partial charge in [-0.3, -0.25) is 0 Å². The molecule has 0 saturated carbocycles. The normalized spacial score (nSPS) is 19.7. The molecule has 0 bridgehead atoms. The number of nitrogens with one attached hydrogen (secondary N) is 1. The highest BCUT2D eigenvalue weighted by molar-refractivity contribution is 7.88. The Bertz CT molecular complexity index is 1200. The molecule has 4 rings (SSSR count). The van der Waals surface area contributed by atoms with Crippen molar-refractivity contribution in [2.75, 3.05) is 37.9 Å². The summed E-state index contributed by atoms with van der Waals surface area (Å²) in [5.41, 5.74) is 1.03. The van der Waals surface area contributed by atoms with Crippen LogP contribution in [0.5, 0.6) is 0 Å². The van der Waals surface area contributed by atoms with Crippen molar-refractivity contribution in [2.24, 2.45) is 5.92 Å². The molecule has 3 aromatic heterocycles. The molecule has 0 radical (unpaired) electrons. The second-order valence-electron chi connectivity index (χ2n) is 7.62. The molecule has 1 aliphatic heterocycles. The van der Waals surface area contributed by atoms with Crippen LogP contribution in [-0.2, 0) is 14.8 Å². The second-order valence-corrected chi connectivity index (χ2v) is 9.46. The Labute approximate surface area is 183 Å². The van der Waals surface area contributed by atoms with Gasteiger partial charge >= 0.3 is 0 Å². The van der Waals surface area contributed by atoms with E-state index in [1.165, 1.54) is 29.2 Å². The minimum Gasteiger partial charge on any atom is -0.381 e.